The summed E-state index contributed by atoms with van der Waals surface area (Å²) >= 11 is 0. The Morgan fingerprint density at radius 3 is 2.71 bits per heavy atom. The van der Waals surface area contributed by atoms with E-state index in [2.05, 4.69) is 67.0 Å². The number of hydrogen-bond donors (Lipinski definition) is 0. The van der Waals surface area contributed by atoms with Gasteiger partial charge in [0.15, 0.2) is 0 Å². The lowest BCUT2D eigenvalue weighted by Gasteiger charge is -2.11. The summed E-state index contributed by atoms with van der Waals surface area (Å²) in [5.41, 5.74) is 8.73. The van der Waals surface area contributed by atoms with Crippen molar-refractivity contribution in [2.75, 3.05) is 0 Å². The number of rotatable bonds is 2. The van der Waals surface area contributed by atoms with Gasteiger partial charge in [-0.05, 0) is 30.2 Å². The molecule has 1 aliphatic rings. The van der Waals surface area contributed by atoms with Crippen LogP contribution in [0.5, 0.6) is 0 Å². The third-order valence-electron chi connectivity index (χ3n) is 4.45. The highest BCUT2D eigenvalue weighted by molar-refractivity contribution is 6.54. The van der Waals surface area contributed by atoms with Gasteiger partial charge in [0.05, 0.1) is 8.80 Å². The first-order valence-electron chi connectivity index (χ1n) is 7.64. The van der Waals surface area contributed by atoms with E-state index in [1.165, 1.54) is 45.0 Å². The molecule has 1 radical (unpaired) electrons. The van der Waals surface area contributed by atoms with Gasteiger partial charge < -0.3 is 4.57 Å². The molecule has 0 fully saturated rings. The Balaban J connectivity index is 2.06. The van der Waals surface area contributed by atoms with Gasteiger partial charge in [0.25, 0.3) is 0 Å². The van der Waals surface area contributed by atoms with Crippen molar-refractivity contribution in [2.24, 2.45) is 0 Å². The molecule has 0 aliphatic heterocycles. The van der Waals surface area contributed by atoms with E-state index in [0.717, 1.165) is 6.42 Å². The highest BCUT2D eigenvalue weighted by atomic mass is 28.3. The Bertz CT molecular complexity index is 842. The van der Waals surface area contributed by atoms with E-state index in [9.17, 15) is 0 Å². The fourth-order valence-corrected chi connectivity index (χ4v) is 4.59. The second-order valence-electron chi connectivity index (χ2n) is 6.47. The smallest absolute Gasteiger partial charge is 0.0661 e. The fraction of sp³-hybridized carbons (Fsp3) is 0.263. The molecule has 2 aromatic carbocycles. The monoisotopic (exact) mass is 290 g/mol. The number of nitrogens with zero attached hydrogens (tertiary/aromatic N) is 1. The first-order chi connectivity index (χ1) is 10.1. The Morgan fingerprint density at radius 2 is 1.90 bits per heavy atom. The second kappa shape index (κ2) is 4.60. The van der Waals surface area contributed by atoms with Crippen LogP contribution < -0.4 is 0 Å². The van der Waals surface area contributed by atoms with Crippen molar-refractivity contribution in [1.29, 1.82) is 0 Å². The first-order valence-corrected chi connectivity index (χ1v) is 10.3. The van der Waals surface area contributed by atoms with Crippen LogP contribution in [0.2, 0.25) is 13.1 Å². The minimum absolute atomic E-state index is 0.302. The maximum absolute atomic E-state index is 2.60. The average molecular weight is 290 g/mol. The van der Waals surface area contributed by atoms with E-state index in [0.29, 0.717) is 0 Å². The molecule has 0 saturated carbocycles. The zero-order valence-electron chi connectivity index (χ0n) is 12.9. The van der Waals surface area contributed by atoms with Crippen LogP contribution in [-0.2, 0) is 12.6 Å². The summed E-state index contributed by atoms with van der Waals surface area (Å²) in [6.07, 6.45) is 2.29. The molecule has 4 rings (SSSR count). The zero-order valence-corrected chi connectivity index (χ0v) is 13.9. The molecule has 0 atom stereocenters. The molecule has 0 N–H and O–H groups in total. The molecule has 1 heterocycles. The molecule has 0 spiro atoms. The normalized spacial score (nSPS) is 13.0. The van der Waals surface area contributed by atoms with E-state index in [4.69, 9.17) is 0 Å². The Kier molecular flexibility index (Phi) is 2.83. The highest BCUT2D eigenvalue weighted by Crippen LogP contribution is 2.43. The Morgan fingerprint density at radius 1 is 1.10 bits per heavy atom. The Hall–Kier alpha value is -1.80. The standard InChI is InChI=1S/C19H20NSi/c1-13-8-9-17-16(10-13)19-15-7-5-4-6-14(15)11-18(19)20(17)12-21(2)3/h4-10H,11-12H2,1-3H3. The number of hydrogen-bond acceptors (Lipinski definition) is 0. The van der Waals surface area contributed by atoms with E-state index < -0.39 is 0 Å². The molecule has 21 heavy (non-hydrogen) atoms. The summed E-state index contributed by atoms with van der Waals surface area (Å²) in [5, 5.41) is 1.44. The number of aryl methyl sites for hydroxylation is 1. The predicted octanol–water partition coefficient (Wildman–Crippen LogP) is 4.81. The Labute approximate surface area is 127 Å². The SMILES string of the molecule is Cc1ccc2c(c1)c1c(n2C[Si](C)C)Cc2ccccc2-1. The maximum Gasteiger partial charge on any atom is 0.0661 e. The quantitative estimate of drug-likeness (QED) is 0.467. The minimum atomic E-state index is -0.302. The number of fused-ring (bicyclic) bond motifs is 5. The van der Waals surface area contributed by atoms with Crippen molar-refractivity contribution in [2.45, 2.75) is 32.6 Å². The third kappa shape index (κ3) is 1.89. The summed E-state index contributed by atoms with van der Waals surface area (Å²) in [4.78, 5) is 0. The lowest BCUT2D eigenvalue weighted by molar-refractivity contribution is 0.851. The van der Waals surface area contributed by atoms with Gasteiger partial charge in [-0.25, -0.2) is 0 Å². The van der Waals surface area contributed by atoms with Crippen LogP contribution >= 0.6 is 0 Å². The van der Waals surface area contributed by atoms with Gasteiger partial charge >= 0.3 is 0 Å². The molecule has 1 aromatic heterocycles. The average Bonchev–Trinajstić information content (AvgIpc) is 2.95. The maximum atomic E-state index is 2.60. The largest absolute Gasteiger partial charge is 0.347 e. The van der Waals surface area contributed by atoms with Crippen LogP contribution in [0.25, 0.3) is 22.0 Å². The van der Waals surface area contributed by atoms with Gasteiger partial charge in [-0.1, -0.05) is 49.0 Å². The minimum Gasteiger partial charge on any atom is -0.347 e. The molecule has 1 aliphatic carbocycles. The van der Waals surface area contributed by atoms with E-state index in [1.807, 2.05) is 0 Å². The topological polar surface area (TPSA) is 4.93 Å². The highest BCUT2D eigenvalue weighted by Gasteiger charge is 2.26. The summed E-state index contributed by atoms with van der Waals surface area (Å²) in [5.74, 6) is 0. The van der Waals surface area contributed by atoms with Crippen molar-refractivity contribution in [3.63, 3.8) is 0 Å². The van der Waals surface area contributed by atoms with Gasteiger partial charge in [0, 0.05) is 34.7 Å². The van der Waals surface area contributed by atoms with Gasteiger partial charge in [-0.3, -0.25) is 0 Å². The van der Waals surface area contributed by atoms with Gasteiger partial charge in [-0.15, -0.1) is 0 Å². The van der Waals surface area contributed by atoms with Crippen molar-refractivity contribution in [3.8, 4) is 11.1 Å². The zero-order chi connectivity index (χ0) is 14.6. The van der Waals surface area contributed by atoms with E-state index in [-0.39, 0.29) is 8.80 Å². The number of benzene rings is 2. The predicted molar refractivity (Wildman–Crippen MR) is 92.4 cm³/mol. The van der Waals surface area contributed by atoms with Gasteiger partial charge in [0.2, 0.25) is 0 Å². The van der Waals surface area contributed by atoms with Gasteiger partial charge in [0.1, 0.15) is 0 Å². The third-order valence-corrected chi connectivity index (χ3v) is 5.39. The van der Waals surface area contributed by atoms with Crippen molar-refractivity contribution >= 4 is 19.7 Å². The molecule has 3 aromatic rings. The van der Waals surface area contributed by atoms with Crippen molar-refractivity contribution < 1.29 is 0 Å². The second-order valence-corrected chi connectivity index (χ2v) is 9.20. The number of aromatic nitrogens is 1. The lowest BCUT2D eigenvalue weighted by Crippen LogP contribution is -2.14. The van der Waals surface area contributed by atoms with Crippen LogP contribution in [0, 0.1) is 6.92 Å². The van der Waals surface area contributed by atoms with E-state index in [1.54, 1.807) is 0 Å². The summed E-state index contributed by atoms with van der Waals surface area (Å²) < 4.78 is 2.60. The fourth-order valence-electron chi connectivity index (χ4n) is 3.60. The van der Waals surface area contributed by atoms with E-state index >= 15 is 0 Å². The molecule has 0 saturated heterocycles. The van der Waals surface area contributed by atoms with Crippen molar-refractivity contribution in [3.05, 3.63) is 59.3 Å². The first kappa shape index (κ1) is 12.9. The molecular weight excluding hydrogens is 270 g/mol. The van der Waals surface area contributed by atoms with Gasteiger partial charge in [-0.2, -0.15) is 0 Å². The van der Waals surface area contributed by atoms with Crippen LogP contribution in [0.3, 0.4) is 0 Å². The molecular formula is C19H20NSi. The summed E-state index contributed by atoms with van der Waals surface area (Å²) in [6, 6.07) is 15.8. The molecule has 0 bridgehead atoms. The molecule has 0 unspecified atom stereocenters. The van der Waals surface area contributed by atoms with Crippen LogP contribution in [-0.4, -0.2) is 13.4 Å². The molecule has 105 valence electrons. The van der Waals surface area contributed by atoms with Crippen LogP contribution in [0.1, 0.15) is 16.8 Å². The molecule has 2 heteroatoms. The van der Waals surface area contributed by atoms with Crippen LogP contribution in [0.15, 0.2) is 42.5 Å². The summed E-state index contributed by atoms with van der Waals surface area (Å²) in [6.45, 7) is 7.00. The summed E-state index contributed by atoms with van der Waals surface area (Å²) in [7, 11) is -0.302. The molecule has 1 nitrogen and oxygen atoms in total. The van der Waals surface area contributed by atoms with Crippen molar-refractivity contribution in [1.82, 2.24) is 4.57 Å². The molecule has 0 amide bonds. The van der Waals surface area contributed by atoms with Crippen LogP contribution in [0.4, 0.5) is 0 Å². The lowest BCUT2D eigenvalue weighted by atomic mass is 10.0.